The highest BCUT2D eigenvalue weighted by atomic mass is 32.2. The molecule has 44 heavy (non-hydrogen) atoms. The molecule has 3 aromatic rings. The molecule has 4 fully saturated rings. The highest BCUT2D eigenvalue weighted by Gasteiger charge is 2.85. The zero-order chi connectivity index (χ0) is 30.5. The molecule has 2 aliphatic heterocycles. The first-order valence-corrected chi connectivity index (χ1v) is 17.0. The lowest BCUT2D eigenvalue weighted by molar-refractivity contribution is 0.0710. The molecule has 3 saturated carbocycles. The molecule has 10 nitrogen and oxygen atoms in total. The molecule has 5 heterocycles. The largest absolute Gasteiger partial charge is 0.477 e. The lowest BCUT2D eigenvalue weighted by atomic mass is 10.0. The molecule has 3 aromatic heterocycles. The predicted octanol–water partition coefficient (Wildman–Crippen LogP) is 5.88. The summed E-state index contributed by atoms with van der Waals surface area (Å²) < 4.78 is 17.1. The van der Waals surface area contributed by atoms with Crippen molar-refractivity contribution in [2.75, 3.05) is 36.5 Å². The summed E-state index contributed by atoms with van der Waals surface area (Å²) in [6.45, 7) is 10.9. The van der Waals surface area contributed by atoms with Crippen molar-refractivity contribution in [3.8, 4) is 11.7 Å². The van der Waals surface area contributed by atoms with Gasteiger partial charge in [-0.3, -0.25) is 9.52 Å². The second-order valence-electron chi connectivity index (χ2n) is 13.1. The predicted molar refractivity (Wildman–Crippen MR) is 171 cm³/mol. The van der Waals surface area contributed by atoms with Crippen molar-refractivity contribution in [2.45, 2.75) is 82.9 Å². The summed E-state index contributed by atoms with van der Waals surface area (Å²) in [7, 11) is 0. The molecule has 1 atom stereocenters. The molecule has 2 N–H and O–H groups in total. The van der Waals surface area contributed by atoms with Gasteiger partial charge in [-0.2, -0.15) is 0 Å². The van der Waals surface area contributed by atoms with Crippen LogP contribution in [0.4, 0.5) is 11.6 Å². The van der Waals surface area contributed by atoms with Crippen LogP contribution in [0.3, 0.4) is 0 Å². The fourth-order valence-electron chi connectivity index (χ4n) is 7.89. The maximum Gasteiger partial charge on any atom is 0.265 e. The van der Waals surface area contributed by atoms with E-state index in [1.165, 1.54) is 37.6 Å². The Kier molecular flexibility index (Phi) is 7.51. The van der Waals surface area contributed by atoms with Crippen LogP contribution in [0.1, 0.15) is 76.6 Å². The molecule has 5 aliphatic rings. The molecule has 2 spiro atoms. The average molecular weight is 618 g/mol. The van der Waals surface area contributed by atoms with E-state index in [-0.39, 0.29) is 17.6 Å². The van der Waals surface area contributed by atoms with Gasteiger partial charge in [-0.05, 0) is 93.4 Å². The van der Waals surface area contributed by atoms with E-state index < -0.39 is 0 Å². The number of nitrogens with one attached hydrogen (secondary N) is 2. The monoisotopic (exact) mass is 617 g/mol. The lowest BCUT2D eigenvalue weighted by Crippen LogP contribution is -2.40. The van der Waals surface area contributed by atoms with Crippen molar-refractivity contribution in [1.29, 1.82) is 0 Å². The second kappa shape index (κ2) is 11.2. The number of aromatic nitrogens is 4. The highest BCUT2D eigenvalue weighted by molar-refractivity contribution is 7.97. The molecule has 11 heteroatoms. The van der Waals surface area contributed by atoms with Crippen LogP contribution < -0.4 is 19.7 Å². The van der Waals surface area contributed by atoms with E-state index >= 15 is 0 Å². The highest BCUT2D eigenvalue weighted by Crippen LogP contribution is 2.93. The number of fused-ring (bicyclic) bond motifs is 7. The molecule has 0 radical (unpaired) electrons. The van der Waals surface area contributed by atoms with Gasteiger partial charge in [0.15, 0.2) is 5.82 Å². The van der Waals surface area contributed by atoms with E-state index in [1.54, 1.807) is 4.68 Å². The molecule has 0 aromatic carbocycles. The molecular formula is C33H43N7O3S. The van der Waals surface area contributed by atoms with Crippen molar-refractivity contribution in [3.63, 3.8) is 0 Å². The summed E-state index contributed by atoms with van der Waals surface area (Å²) in [5.41, 5.74) is 1.64. The van der Waals surface area contributed by atoms with E-state index in [0.29, 0.717) is 65.2 Å². The van der Waals surface area contributed by atoms with Crippen LogP contribution in [0.15, 0.2) is 47.6 Å². The standard InChI is InChI=1S/C31H37N7O3S.C2H6/c1-29(2)18-20-19-37(29)27-21(28(39)36-42-26-5-3-4-23(33-26)32-14-17-40-20)6-7-24(34-27)38-15-8-25(35-38)41-16-9-22-30(10-11-30)31(22)12-13-31;1-2/h3-8,15,20,22H,9-14,16-19H2,1-2H3,(H,32,33)(H,36,39);1-2H3. The smallest absolute Gasteiger partial charge is 0.265 e. The fourth-order valence-corrected chi connectivity index (χ4v) is 8.49. The van der Waals surface area contributed by atoms with Crippen molar-refractivity contribution < 1.29 is 14.3 Å². The van der Waals surface area contributed by atoms with E-state index in [4.69, 9.17) is 14.5 Å². The van der Waals surface area contributed by atoms with Gasteiger partial charge in [-0.25, -0.2) is 14.6 Å². The third-order valence-corrected chi connectivity index (χ3v) is 10.9. The van der Waals surface area contributed by atoms with Crippen molar-refractivity contribution in [2.24, 2.45) is 16.7 Å². The number of carbonyl (C=O) groups is 1. The Labute approximate surface area is 263 Å². The van der Waals surface area contributed by atoms with Crippen LogP contribution in [-0.2, 0) is 4.74 Å². The number of anilines is 2. The van der Waals surface area contributed by atoms with Gasteiger partial charge in [0.05, 0.1) is 24.9 Å². The number of pyridine rings is 2. The molecule has 1 saturated heterocycles. The Bertz CT molecular complexity index is 1520. The molecule has 1 unspecified atom stereocenters. The first kappa shape index (κ1) is 29.4. The van der Waals surface area contributed by atoms with Gasteiger partial charge >= 0.3 is 0 Å². The molecule has 8 rings (SSSR count). The van der Waals surface area contributed by atoms with E-state index in [9.17, 15) is 4.79 Å². The van der Waals surface area contributed by atoms with E-state index in [2.05, 4.69) is 38.9 Å². The first-order valence-electron chi connectivity index (χ1n) is 16.1. The van der Waals surface area contributed by atoms with Gasteiger partial charge < -0.3 is 19.7 Å². The molecule has 4 bridgehead atoms. The number of carbonyl (C=O) groups excluding carboxylic acids is 1. The molecule has 234 valence electrons. The summed E-state index contributed by atoms with van der Waals surface area (Å²) >= 11 is 1.20. The number of amides is 1. The van der Waals surface area contributed by atoms with Crippen LogP contribution in [0.25, 0.3) is 5.82 Å². The Balaban J connectivity index is 0.00000153. The average Bonchev–Trinajstić information content (AvgIpc) is 3.98. The molecule has 3 aliphatic carbocycles. The normalized spacial score (nSPS) is 23.8. The summed E-state index contributed by atoms with van der Waals surface area (Å²) in [5, 5.41) is 8.70. The van der Waals surface area contributed by atoms with Crippen molar-refractivity contribution in [3.05, 3.63) is 48.2 Å². The topological polar surface area (TPSA) is 106 Å². The van der Waals surface area contributed by atoms with Crippen molar-refractivity contribution in [1.82, 2.24) is 24.5 Å². The quantitative estimate of drug-likeness (QED) is 0.339. The van der Waals surface area contributed by atoms with Crippen LogP contribution in [0.2, 0.25) is 0 Å². The van der Waals surface area contributed by atoms with Gasteiger partial charge in [-0.15, -0.1) is 5.10 Å². The number of nitrogens with zero attached hydrogens (tertiary/aromatic N) is 5. The Morgan fingerprint density at radius 1 is 1.07 bits per heavy atom. The zero-order valence-electron chi connectivity index (χ0n) is 26.1. The van der Waals surface area contributed by atoms with Crippen molar-refractivity contribution >= 4 is 29.5 Å². The Morgan fingerprint density at radius 3 is 2.64 bits per heavy atom. The number of rotatable bonds is 5. The van der Waals surface area contributed by atoms with E-state index in [1.807, 2.05) is 56.4 Å². The minimum Gasteiger partial charge on any atom is -0.477 e. The number of hydrogen-bond donors (Lipinski definition) is 2. The summed E-state index contributed by atoms with van der Waals surface area (Å²) in [6.07, 6.45) is 9.55. The Morgan fingerprint density at radius 2 is 1.86 bits per heavy atom. The second-order valence-corrected chi connectivity index (χ2v) is 13.9. The zero-order valence-corrected chi connectivity index (χ0v) is 27.0. The molecule has 1 amide bonds. The van der Waals surface area contributed by atoms with Crippen LogP contribution >= 0.6 is 11.9 Å². The lowest BCUT2D eigenvalue weighted by Gasteiger charge is -2.33. The fraction of sp³-hybridized carbons (Fsp3) is 0.576. The molecular weight excluding hydrogens is 574 g/mol. The third-order valence-electron chi connectivity index (χ3n) is 10.2. The van der Waals surface area contributed by atoms with Gasteiger partial charge in [0.1, 0.15) is 16.7 Å². The van der Waals surface area contributed by atoms with Gasteiger partial charge in [0, 0.05) is 42.8 Å². The maximum absolute atomic E-state index is 13.5. The summed E-state index contributed by atoms with van der Waals surface area (Å²) in [5.74, 6) is 3.25. The van der Waals surface area contributed by atoms with Crippen LogP contribution in [-0.4, -0.2) is 63.6 Å². The third kappa shape index (κ3) is 5.21. The van der Waals surface area contributed by atoms with Crippen LogP contribution in [0, 0.1) is 16.7 Å². The van der Waals surface area contributed by atoms with E-state index in [0.717, 1.165) is 24.6 Å². The minimum absolute atomic E-state index is 0.0164. The SMILES string of the molecule is CC.CC1(C)CC2CN1c1nc(-n3ccc(OCCC4C5(CC5)C45CC5)n3)ccc1C(=O)NSc1cccc(n1)NCCO2. The van der Waals surface area contributed by atoms with Gasteiger partial charge in [-0.1, -0.05) is 19.9 Å². The summed E-state index contributed by atoms with van der Waals surface area (Å²) in [6, 6.07) is 11.3. The minimum atomic E-state index is -0.256. The summed E-state index contributed by atoms with van der Waals surface area (Å²) in [4.78, 5) is 25.4. The van der Waals surface area contributed by atoms with Crippen LogP contribution in [0.5, 0.6) is 5.88 Å². The van der Waals surface area contributed by atoms with Gasteiger partial charge in [0.25, 0.3) is 5.91 Å². The number of ether oxygens (including phenoxy) is 2. The Hall–Kier alpha value is -3.31. The first-order chi connectivity index (χ1) is 21.4. The maximum atomic E-state index is 13.5. The van der Waals surface area contributed by atoms with Gasteiger partial charge in [0.2, 0.25) is 5.88 Å². The number of hydrogen-bond acceptors (Lipinski definition) is 9.